The monoisotopic (exact) mass is 235 g/mol. The molecule has 1 heterocycles. The largest absolute Gasteiger partial charge is 0.508 e. The molecule has 0 aromatic heterocycles. The predicted molar refractivity (Wildman–Crippen MR) is 63.8 cm³/mol. The lowest BCUT2D eigenvalue weighted by molar-refractivity contribution is -0.122. The van der Waals surface area contributed by atoms with Gasteiger partial charge in [-0.1, -0.05) is 18.2 Å². The molecule has 17 heavy (non-hydrogen) atoms. The highest BCUT2D eigenvalue weighted by Crippen LogP contribution is 2.16. The molecule has 1 unspecified atom stereocenters. The second-order valence-corrected chi connectivity index (χ2v) is 4.29. The van der Waals surface area contributed by atoms with Crippen molar-refractivity contribution < 1.29 is 14.6 Å². The van der Waals surface area contributed by atoms with Gasteiger partial charge >= 0.3 is 0 Å². The van der Waals surface area contributed by atoms with Crippen molar-refractivity contribution in [2.75, 3.05) is 13.2 Å². The van der Waals surface area contributed by atoms with E-state index in [0.29, 0.717) is 12.2 Å². The minimum atomic E-state index is -0.0676. The number of hydrogen-bond donors (Lipinski definition) is 2. The minimum Gasteiger partial charge on any atom is -0.508 e. The molecule has 0 radical (unpaired) electrons. The van der Waals surface area contributed by atoms with Crippen LogP contribution in [-0.2, 0) is 16.0 Å². The first-order valence-corrected chi connectivity index (χ1v) is 5.89. The third-order valence-electron chi connectivity index (χ3n) is 2.87. The molecule has 0 saturated carbocycles. The third kappa shape index (κ3) is 3.46. The van der Waals surface area contributed by atoms with Gasteiger partial charge in [0.25, 0.3) is 0 Å². The molecule has 1 fully saturated rings. The standard InChI is InChI=1S/C13H17NO3/c15-12-6-2-1-4-10(12)8-13(16)14-11-5-3-7-17-9-11/h1-2,4,6,11,15H,3,5,7-9H2,(H,14,16). The molecule has 1 aliphatic rings. The second kappa shape index (κ2) is 5.68. The summed E-state index contributed by atoms with van der Waals surface area (Å²) < 4.78 is 5.29. The average molecular weight is 235 g/mol. The van der Waals surface area contributed by atoms with Crippen molar-refractivity contribution in [1.29, 1.82) is 0 Å². The van der Waals surface area contributed by atoms with Crippen LogP contribution < -0.4 is 5.32 Å². The van der Waals surface area contributed by atoms with E-state index in [1.807, 2.05) is 6.07 Å². The van der Waals surface area contributed by atoms with Gasteiger partial charge in [0, 0.05) is 12.2 Å². The Morgan fingerprint density at radius 2 is 2.29 bits per heavy atom. The van der Waals surface area contributed by atoms with Crippen molar-refractivity contribution in [3.8, 4) is 5.75 Å². The van der Waals surface area contributed by atoms with Gasteiger partial charge in [-0.3, -0.25) is 4.79 Å². The molecule has 1 aromatic rings. The van der Waals surface area contributed by atoms with Crippen LogP contribution in [0.4, 0.5) is 0 Å². The summed E-state index contributed by atoms with van der Waals surface area (Å²) in [6.45, 7) is 1.37. The number of benzene rings is 1. The molecular weight excluding hydrogens is 218 g/mol. The average Bonchev–Trinajstić information content (AvgIpc) is 2.33. The zero-order chi connectivity index (χ0) is 12.1. The summed E-state index contributed by atoms with van der Waals surface area (Å²) in [5, 5.41) is 12.5. The zero-order valence-corrected chi connectivity index (χ0v) is 9.69. The summed E-state index contributed by atoms with van der Waals surface area (Å²) in [7, 11) is 0. The van der Waals surface area contributed by atoms with Gasteiger partial charge in [-0.05, 0) is 18.9 Å². The zero-order valence-electron chi connectivity index (χ0n) is 9.69. The van der Waals surface area contributed by atoms with Crippen LogP contribution in [0.1, 0.15) is 18.4 Å². The lowest BCUT2D eigenvalue weighted by Gasteiger charge is -2.23. The number of carbonyl (C=O) groups excluding carboxylic acids is 1. The molecule has 1 amide bonds. The van der Waals surface area contributed by atoms with Crippen molar-refractivity contribution in [1.82, 2.24) is 5.32 Å². The van der Waals surface area contributed by atoms with E-state index in [-0.39, 0.29) is 24.1 Å². The molecule has 0 aliphatic carbocycles. The van der Waals surface area contributed by atoms with Gasteiger partial charge in [0.15, 0.2) is 0 Å². The first-order chi connectivity index (χ1) is 8.25. The van der Waals surface area contributed by atoms with E-state index in [1.165, 1.54) is 0 Å². The van der Waals surface area contributed by atoms with Crippen LogP contribution in [0.3, 0.4) is 0 Å². The Bertz CT molecular complexity index is 386. The molecular formula is C13H17NO3. The van der Waals surface area contributed by atoms with E-state index in [4.69, 9.17) is 4.74 Å². The predicted octanol–water partition coefficient (Wildman–Crippen LogP) is 1.23. The molecule has 1 aliphatic heterocycles. The van der Waals surface area contributed by atoms with Crippen LogP contribution in [0.5, 0.6) is 5.75 Å². The van der Waals surface area contributed by atoms with Crippen LogP contribution in [0.15, 0.2) is 24.3 Å². The maximum absolute atomic E-state index is 11.8. The summed E-state index contributed by atoms with van der Waals surface area (Å²) in [5.74, 6) is 0.101. The lowest BCUT2D eigenvalue weighted by atomic mass is 10.1. The number of ether oxygens (including phenoxy) is 1. The van der Waals surface area contributed by atoms with E-state index < -0.39 is 0 Å². The summed E-state index contributed by atoms with van der Waals surface area (Å²) in [6.07, 6.45) is 2.16. The first kappa shape index (κ1) is 11.9. The number of aromatic hydroxyl groups is 1. The number of carbonyl (C=O) groups is 1. The fourth-order valence-electron chi connectivity index (χ4n) is 1.97. The Hall–Kier alpha value is -1.55. The molecule has 0 spiro atoms. The van der Waals surface area contributed by atoms with Crippen LogP contribution in [0.25, 0.3) is 0 Å². The molecule has 1 saturated heterocycles. The number of amides is 1. The molecule has 4 nitrogen and oxygen atoms in total. The normalized spacial score (nSPS) is 19.9. The molecule has 1 atom stereocenters. The van der Waals surface area contributed by atoms with E-state index in [1.54, 1.807) is 18.2 Å². The van der Waals surface area contributed by atoms with Gasteiger partial charge in [0.2, 0.25) is 5.91 Å². The number of hydrogen-bond acceptors (Lipinski definition) is 3. The number of phenolic OH excluding ortho intramolecular Hbond substituents is 1. The number of nitrogens with one attached hydrogen (secondary N) is 1. The third-order valence-corrected chi connectivity index (χ3v) is 2.87. The van der Waals surface area contributed by atoms with E-state index >= 15 is 0 Å². The Kier molecular flexibility index (Phi) is 3.98. The lowest BCUT2D eigenvalue weighted by Crippen LogP contribution is -2.41. The maximum Gasteiger partial charge on any atom is 0.224 e. The highest BCUT2D eigenvalue weighted by molar-refractivity contribution is 5.79. The Labute approximate surface area is 101 Å². The summed E-state index contributed by atoms with van der Waals surface area (Å²) in [5.41, 5.74) is 0.654. The molecule has 92 valence electrons. The van der Waals surface area contributed by atoms with Crippen molar-refractivity contribution in [2.45, 2.75) is 25.3 Å². The second-order valence-electron chi connectivity index (χ2n) is 4.29. The topological polar surface area (TPSA) is 58.6 Å². The molecule has 0 bridgehead atoms. The van der Waals surface area contributed by atoms with Gasteiger partial charge in [0.05, 0.1) is 19.1 Å². The van der Waals surface area contributed by atoms with Crippen molar-refractivity contribution in [3.63, 3.8) is 0 Å². The van der Waals surface area contributed by atoms with Gasteiger partial charge < -0.3 is 15.2 Å². The van der Waals surface area contributed by atoms with E-state index in [2.05, 4.69) is 5.32 Å². The SMILES string of the molecule is O=C(Cc1ccccc1O)NC1CCCOC1. The highest BCUT2D eigenvalue weighted by atomic mass is 16.5. The molecule has 2 N–H and O–H groups in total. The summed E-state index contributed by atoms with van der Waals surface area (Å²) >= 11 is 0. The fraction of sp³-hybridized carbons (Fsp3) is 0.462. The number of para-hydroxylation sites is 1. The minimum absolute atomic E-state index is 0.0676. The summed E-state index contributed by atoms with van der Waals surface area (Å²) in [4.78, 5) is 11.8. The van der Waals surface area contributed by atoms with Gasteiger partial charge in [-0.2, -0.15) is 0 Å². The quantitative estimate of drug-likeness (QED) is 0.828. The smallest absolute Gasteiger partial charge is 0.224 e. The summed E-state index contributed by atoms with van der Waals surface area (Å²) in [6, 6.07) is 7.01. The van der Waals surface area contributed by atoms with Crippen LogP contribution >= 0.6 is 0 Å². The number of rotatable bonds is 3. The highest BCUT2D eigenvalue weighted by Gasteiger charge is 2.16. The van der Waals surface area contributed by atoms with Gasteiger partial charge in [-0.15, -0.1) is 0 Å². The Balaban J connectivity index is 1.86. The fourth-order valence-corrected chi connectivity index (χ4v) is 1.97. The molecule has 2 rings (SSSR count). The van der Waals surface area contributed by atoms with Gasteiger partial charge in [0.1, 0.15) is 5.75 Å². The number of phenols is 1. The van der Waals surface area contributed by atoms with Crippen LogP contribution in [0, 0.1) is 0 Å². The first-order valence-electron chi connectivity index (χ1n) is 5.89. The Morgan fingerprint density at radius 3 is 3.00 bits per heavy atom. The van der Waals surface area contributed by atoms with Crippen molar-refractivity contribution >= 4 is 5.91 Å². The molecule has 1 aromatic carbocycles. The van der Waals surface area contributed by atoms with Crippen molar-refractivity contribution in [2.24, 2.45) is 0 Å². The van der Waals surface area contributed by atoms with E-state index in [9.17, 15) is 9.90 Å². The van der Waals surface area contributed by atoms with Crippen LogP contribution in [0.2, 0.25) is 0 Å². The molecule has 4 heteroatoms. The maximum atomic E-state index is 11.8. The van der Waals surface area contributed by atoms with Crippen molar-refractivity contribution in [3.05, 3.63) is 29.8 Å². The van der Waals surface area contributed by atoms with E-state index in [0.717, 1.165) is 19.4 Å². The Morgan fingerprint density at radius 1 is 1.47 bits per heavy atom. The van der Waals surface area contributed by atoms with Gasteiger partial charge in [-0.25, -0.2) is 0 Å². The van der Waals surface area contributed by atoms with Crippen LogP contribution in [-0.4, -0.2) is 30.3 Å².